The van der Waals surface area contributed by atoms with Crippen molar-refractivity contribution in [1.82, 2.24) is 0 Å². The van der Waals surface area contributed by atoms with Gasteiger partial charge >= 0.3 is 0 Å². The van der Waals surface area contributed by atoms with Crippen LogP contribution < -0.4 is 0 Å². The molecule has 0 saturated heterocycles. The van der Waals surface area contributed by atoms with Crippen molar-refractivity contribution in [2.75, 3.05) is 0 Å². The molecule has 0 aliphatic heterocycles. The van der Waals surface area contributed by atoms with Crippen LogP contribution in [0.2, 0.25) is 0 Å². The molecule has 0 N–H and O–H groups in total. The molecule has 0 heterocycles. The summed E-state index contributed by atoms with van der Waals surface area (Å²) < 4.78 is 0. The highest BCUT2D eigenvalue weighted by atomic mass is 16.1. The minimum Gasteiger partial charge on any atom is -0.303 e. The monoisotopic (exact) mass is 137 g/mol. The Hall–Kier alpha value is -1.10. The van der Waals surface area contributed by atoms with Crippen molar-refractivity contribution >= 4 is 6.29 Å². The highest BCUT2D eigenvalue weighted by Gasteiger charge is 1.94. The Bertz CT molecular complexity index is 174. The van der Waals surface area contributed by atoms with E-state index in [9.17, 15) is 4.79 Å². The Labute approximate surface area is 61.2 Å². The third-order valence-electron chi connectivity index (χ3n) is 0.981. The molecule has 0 rings (SSSR count). The molecule has 0 fully saturated rings. The SMILES string of the molecule is CC(C)/C=C(/C#N)CC=O. The highest BCUT2D eigenvalue weighted by Crippen LogP contribution is 2.03. The quantitative estimate of drug-likeness (QED) is 0.438. The Morgan fingerprint density at radius 2 is 2.30 bits per heavy atom. The van der Waals surface area contributed by atoms with Crippen molar-refractivity contribution in [2.24, 2.45) is 5.92 Å². The summed E-state index contributed by atoms with van der Waals surface area (Å²) >= 11 is 0. The molecule has 54 valence electrons. The zero-order valence-corrected chi connectivity index (χ0v) is 6.29. The molecule has 0 aromatic heterocycles. The first-order valence-corrected chi connectivity index (χ1v) is 3.25. The molecule has 0 amide bonds. The predicted octanol–water partition coefficient (Wildman–Crippen LogP) is 1.68. The summed E-state index contributed by atoms with van der Waals surface area (Å²) in [6, 6.07) is 1.96. The Balaban J connectivity index is 4.07. The molecule has 0 radical (unpaired) electrons. The summed E-state index contributed by atoms with van der Waals surface area (Å²) in [5.41, 5.74) is 0.560. The van der Waals surface area contributed by atoms with Gasteiger partial charge in [-0.15, -0.1) is 0 Å². The molecule has 10 heavy (non-hydrogen) atoms. The molecule has 2 nitrogen and oxygen atoms in total. The second kappa shape index (κ2) is 4.75. The van der Waals surface area contributed by atoms with Gasteiger partial charge in [0.1, 0.15) is 6.29 Å². The Morgan fingerprint density at radius 3 is 2.60 bits per heavy atom. The van der Waals surface area contributed by atoms with Gasteiger partial charge in [0.2, 0.25) is 0 Å². The Kier molecular flexibility index (Phi) is 4.23. The van der Waals surface area contributed by atoms with Crippen molar-refractivity contribution in [3.05, 3.63) is 11.6 Å². The molecule has 0 aromatic rings. The van der Waals surface area contributed by atoms with E-state index in [1.165, 1.54) is 0 Å². The zero-order chi connectivity index (χ0) is 7.98. The highest BCUT2D eigenvalue weighted by molar-refractivity contribution is 5.56. The van der Waals surface area contributed by atoms with E-state index >= 15 is 0 Å². The maximum atomic E-state index is 9.96. The lowest BCUT2D eigenvalue weighted by Gasteiger charge is -1.94. The van der Waals surface area contributed by atoms with Crippen molar-refractivity contribution < 1.29 is 4.79 Å². The van der Waals surface area contributed by atoms with Gasteiger partial charge in [0.25, 0.3) is 0 Å². The minimum atomic E-state index is 0.245. The maximum absolute atomic E-state index is 9.96. The molecule has 0 aliphatic rings. The summed E-state index contributed by atoms with van der Waals surface area (Å²) in [6.07, 6.45) is 2.79. The van der Waals surface area contributed by atoms with Crippen molar-refractivity contribution in [3.63, 3.8) is 0 Å². The average Bonchev–Trinajstić information content (AvgIpc) is 1.86. The molecular weight excluding hydrogens is 126 g/mol. The van der Waals surface area contributed by atoms with Crippen LogP contribution in [-0.2, 0) is 4.79 Å². The zero-order valence-electron chi connectivity index (χ0n) is 6.29. The van der Waals surface area contributed by atoms with Crippen LogP contribution in [0, 0.1) is 17.2 Å². The summed E-state index contributed by atoms with van der Waals surface area (Å²) in [5.74, 6) is 0.342. The van der Waals surface area contributed by atoms with Gasteiger partial charge in [0.05, 0.1) is 6.07 Å². The standard InChI is InChI=1S/C8H11NO/c1-7(2)5-8(6-9)3-4-10/h4-5,7H,3H2,1-2H3/b8-5+. The lowest BCUT2D eigenvalue weighted by Crippen LogP contribution is -1.85. The van der Waals surface area contributed by atoms with Crippen LogP contribution in [0.25, 0.3) is 0 Å². The number of hydrogen-bond acceptors (Lipinski definition) is 2. The number of hydrogen-bond donors (Lipinski definition) is 0. The maximum Gasteiger partial charge on any atom is 0.125 e. The largest absolute Gasteiger partial charge is 0.303 e. The van der Waals surface area contributed by atoms with Crippen LogP contribution in [0.15, 0.2) is 11.6 Å². The van der Waals surface area contributed by atoms with Crippen LogP contribution in [0.1, 0.15) is 20.3 Å². The number of nitriles is 1. The van der Waals surface area contributed by atoms with E-state index < -0.39 is 0 Å². The molecular formula is C8H11NO. The van der Waals surface area contributed by atoms with Gasteiger partial charge in [-0.2, -0.15) is 5.26 Å². The first-order chi connectivity index (χ1) is 4.70. The molecule has 0 saturated carbocycles. The predicted molar refractivity (Wildman–Crippen MR) is 39.2 cm³/mol. The summed E-state index contributed by atoms with van der Waals surface area (Å²) in [4.78, 5) is 9.96. The van der Waals surface area contributed by atoms with Crippen LogP contribution in [0.4, 0.5) is 0 Å². The first kappa shape index (κ1) is 8.90. The van der Waals surface area contributed by atoms with Crippen LogP contribution in [0.5, 0.6) is 0 Å². The molecule has 0 unspecified atom stereocenters. The van der Waals surface area contributed by atoms with Gasteiger partial charge < -0.3 is 4.79 Å². The van der Waals surface area contributed by atoms with Gasteiger partial charge in [-0.05, 0) is 5.92 Å². The van der Waals surface area contributed by atoms with Crippen LogP contribution in [0.3, 0.4) is 0 Å². The number of aldehydes is 1. The molecule has 0 bridgehead atoms. The third-order valence-corrected chi connectivity index (χ3v) is 0.981. The fraction of sp³-hybridized carbons (Fsp3) is 0.500. The van der Waals surface area contributed by atoms with E-state index in [1.807, 2.05) is 19.9 Å². The summed E-state index contributed by atoms with van der Waals surface area (Å²) in [5, 5.41) is 8.43. The number of rotatable bonds is 3. The van der Waals surface area contributed by atoms with Gasteiger partial charge in [-0.1, -0.05) is 19.9 Å². The van der Waals surface area contributed by atoms with Gasteiger partial charge in [-0.3, -0.25) is 0 Å². The Morgan fingerprint density at radius 1 is 1.70 bits per heavy atom. The molecule has 0 aromatic carbocycles. The third kappa shape index (κ3) is 3.85. The second-order valence-corrected chi connectivity index (χ2v) is 2.42. The number of allylic oxidation sites excluding steroid dienone is 2. The van der Waals surface area contributed by atoms with Crippen molar-refractivity contribution in [2.45, 2.75) is 20.3 Å². The summed E-state index contributed by atoms with van der Waals surface area (Å²) in [6.45, 7) is 3.95. The normalized spacial score (nSPS) is 11.2. The van der Waals surface area contributed by atoms with Gasteiger partial charge in [0.15, 0.2) is 0 Å². The van der Waals surface area contributed by atoms with Crippen LogP contribution >= 0.6 is 0 Å². The van der Waals surface area contributed by atoms with E-state index in [-0.39, 0.29) is 6.42 Å². The van der Waals surface area contributed by atoms with Gasteiger partial charge in [0, 0.05) is 12.0 Å². The van der Waals surface area contributed by atoms with E-state index in [0.717, 1.165) is 6.29 Å². The van der Waals surface area contributed by atoms with E-state index in [1.54, 1.807) is 6.08 Å². The lowest BCUT2D eigenvalue weighted by molar-refractivity contribution is -0.107. The van der Waals surface area contributed by atoms with Crippen molar-refractivity contribution in [3.8, 4) is 6.07 Å². The van der Waals surface area contributed by atoms with E-state index in [2.05, 4.69) is 0 Å². The minimum absolute atomic E-state index is 0.245. The topological polar surface area (TPSA) is 40.9 Å². The molecule has 0 atom stereocenters. The molecule has 0 spiro atoms. The number of carbonyl (C=O) groups is 1. The van der Waals surface area contributed by atoms with Crippen LogP contribution in [-0.4, -0.2) is 6.29 Å². The second-order valence-electron chi connectivity index (χ2n) is 2.42. The lowest BCUT2D eigenvalue weighted by atomic mass is 10.1. The molecule has 2 heteroatoms. The smallest absolute Gasteiger partial charge is 0.125 e. The van der Waals surface area contributed by atoms with Gasteiger partial charge in [-0.25, -0.2) is 0 Å². The summed E-state index contributed by atoms with van der Waals surface area (Å²) in [7, 11) is 0. The van der Waals surface area contributed by atoms with Crippen molar-refractivity contribution in [1.29, 1.82) is 5.26 Å². The number of carbonyl (C=O) groups excluding carboxylic acids is 1. The fourth-order valence-corrected chi connectivity index (χ4v) is 0.643. The molecule has 0 aliphatic carbocycles. The average molecular weight is 137 g/mol. The van der Waals surface area contributed by atoms with E-state index in [0.29, 0.717) is 11.5 Å². The van der Waals surface area contributed by atoms with E-state index in [4.69, 9.17) is 5.26 Å². The fourth-order valence-electron chi connectivity index (χ4n) is 0.643. The number of nitrogens with zero attached hydrogens (tertiary/aromatic N) is 1. The first-order valence-electron chi connectivity index (χ1n) is 3.25.